The summed E-state index contributed by atoms with van der Waals surface area (Å²) in [5, 5.41) is 4.31. The molecule has 0 N–H and O–H groups in total. The first kappa shape index (κ1) is 12.6. The Kier molecular flexibility index (Phi) is 5.29. The molecule has 0 aliphatic heterocycles. The van der Waals surface area contributed by atoms with Gasteiger partial charge in [-0.1, -0.05) is 25.5 Å². The highest BCUT2D eigenvalue weighted by molar-refractivity contribution is 8.18. The first-order valence-corrected chi connectivity index (χ1v) is 8.80. The van der Waals surface area contributed by atoms with E-state index in [0.29, 0.717) is 4.58 Å². The molecule has 86 valence electrons. The van der Waals surface area contributed by atoms with Crippen LogP contribution >= 0.6 is 46.2 Å². The van der Waals surface area contributed by atoms with Crippen LogP contribution in [0.2, 0.25) is 0 Å². The smallest absolute Gasteiger partial charge is 0.0612 e. The molecule has 0 fully saturated rings. The lowest BCUT2D eigenvalue weighted by Gasteiger charge is -2.12. The minimum Gasteiger partial charge on any atom is -0.137 e. The molecule has 2 aromatic rings. The normalized spacial score (nSPS) is 11.1. The molecular weight excluding hydrogens is 272 g/mol. The lowest BCUT2D eigenvalue weighted by atomic mass is 10.4. The molecule has 0 aliphatic rings. The Morgan fingerprint density at radius 3 is 2.00 bits per heavy atom. The number of hydrogen-bond donors (Lipinski definition) is 0. The lowest BCUT2D eigenvalue weighted by molar-refractivity contribution is 0.870. The standard InChI is InChI=1S/C12H14S4/c1-2-5-12(15-10-6-3-8-13-10)16-11-7-4-9-14-11/h3-4,6-9,12H,2,5H2,1H3. The van der Waals surface area contributed by atoms with Crippen LogP contribution in [0.1, 0.15) is 19.8 Å². The van der Waals surface area contributed by atoms with Gasteiger partial charge in [-0.25, -0.2) is 0 Å². The van der Waals surface area contributed by atoms with E-state index >= 15 is 0 Å². The second kappa shape index (κ2) is 6.74. The summed E-state index contributed by atoms with van der Waals surface area (Å²) in [6.45, 7) is 2.26. The van der Waals surface area contributed by atoms with Crippen molar-refractivity contribution in [1.82, 2.24) is 0 Å². The Bertz CT molecular complexity index is 341. The van der Waals surface area contributed by atoms with Crippen LogP contribution in [0.15, 0.2) is 43.4 Å². The van der Waals surface area contributed by atoms with E-state index in [1.807, 2.05) is 46.2 Å². The number of thioether (sulfide) groups is 2. The summed E-state index contributed by atoms with van der Waals surface area (Å²) in [6.07, 6.45) is 2.52. The fourth-order valence-electron chi connectivity index (χ4n) is 1.30. The van der Waals surface area contributed by atoms with Gasteiger partial charge < -0.3 is 0 Å². The molecule has 0 aromatic carbocycles. The quantitative estimate of drug-likeness (QED) is 0.485. The van der Waals surface area contributed by atoms with Crippen molar-refractivity contribution in [3.63, 3.8) is 0 Å². The van der Waals surface area contributed by atoms with Gasteiger partial charge in [0.1, 0.15) is 0 Å². The van der Waals surface area contributed by atoms with Crippen LogP contribution < -0.4 is 0 Å². The summed E-state index contributed by atoms with van der Waals surface area (Å²) in [4.78, 5) is 0. The molecule has 0 saturated carbocycles. The van der Waals surface area contributed by atoms with E-state index in [0.717, 1.165) is 0 Å². The van der Waals surface area contributed by atoms with E-state index in [1.165, 1.54) is 21.3 Å². The Morgan fingerprint density at radius 1 is 1.06 bits per heavy atom. The average Bonchev–Trinajstić information content (AvgIpc) is 2.91. The zero-order valence-corrected chi connectivity index (χ0v) is 12.4. The van der Waals surface area contributed by atoms with Crippen LogP contribution in [-0.2, 0) is 0 Å². The summed E-state index contributed by atoms with van der Waals surface area (Å²) in [6, 6.07) is 8.69. The van der Waals surface area contributed by atoms with Crippen LogP contribution in [0.25, 0.3) is 0 Å². The topological polar surface area (TPSA) is 0 Å². The molecule has 0 amide bonds. The van der Waals surface area contributed by atoms with Crippen molar-refractivity contribution < 1.29 is 0 Å². The maximum Gasteiger partial charge on any atom is 0.0612 e. The van der Waals surface area contributed by atoms with Gasteiger partial charge in [0, 0.05) is 0 Å². The zero-order chi connectivity index (χ0) is 11.2. The fourth-order valence-corrected chi connectivity index (χ4v) is 6.39. The molecule has 0 atom stereocenters. The Balaban J connectivity index is 1.94. The predicted octanol–water partition coefficient (Wildman–Crippen LogP) is 5.82. The second-order valence-electron chi connectivity index (χ2n) is 3.32. The minimum absolute atomic E-state index is 0.655. The van der Waals surface area contributed by atoms with Crippen molar-refractivity contribution in [1.29, 1.82) is 0 Å². The highest BCUT2D eigenvalue weighted by Crippen LogP contribution is 2.41. The highest BCUT2D eigenvalue weighted by atomic mass is 32.2. The van der Waals surface area contributed by atoms with E-state index in [2.05, 4.69) is 41.9 Å². The van der Waals surface area contributed by atoms with Crippen molar-refractivity contribution in [2.75, 3.05) is 0 Å². The third-order valence-corrected chi connectivity index (χ3v) is 6.80. The van der Waals surface area contributed by atoms with Crippen molar-refractivity contribution in [3.05, 3.63) is 35.0 Å². The molecule has 4 heteroatoms. The Morgan fingerprint density at radius 2 is 1.62 bits per heavy atom. The summed E-state index contributed by atoms with van der Waals surface area (Å²) in [7, 11) is 0. The molecule has 0 unspecified atom stereocenters. The first-order chi connectivity index (χ1) is 7.88. The third kappa shape index (κ3) is 3.84. The van der Waals surface area contributed by atoms with Crippen molar-refractivity contribution in [2.45, 2.75) is 32.8 Å². The number of thiophene rings is 2. The second-order valence-corrected chi connectivity index (χ2v) is 8.52. The molecule has 0 bridgehead atoms. The van der Waals surface area contributed by atoms with Crippen LogP contribution in [0.5, 0.6) is 0 Å². The van der Waals surface area contributed by atoms with E-state index in [4.69, 9.17) is 0 Å². The van der Waals surface area contributed by atoms with Gasteiger partial charge in [0.2, 0.25) is 0 Å². The van der Waals surface area contributed by atoms with E-state index in [1.54, 1.807) is 0 Å². The van der Waals surface area contributed by atoms with Crippen molar-refractivity contribution in [2.24, 2.45) is 0 Å². The van der Waals surface area contributed by atoms with Crippen molar-refractivity contribution >= 4 is 46.2 Å². The number of rotatable bonds is 6. The van der Waals surface area contributed by atoms with E-state index < -0.39 is 0 Å². The molecule has 0 aliphatic carbocycles. The first-order valence-electron chi connectivity index (χ1n) is 5.29. The number of hydrogen-bond acceptors (Lipinski definition) is 4. The van der Waals surface area contributed by atoms with Crippen LogP contribution in [0.4, 0.5) is 0 Å². The van der Waals surface area contributed by atoms with Gasteiger partial charge in [0.15, 0.2) is 0 Å². The Hall–Kier alpha value is 0.1000. The van der Waals surface area contributed by atoms with E-state index in [-0.39, 0.29) is 0 Å². The maximum atomic E-state index is 2.26. The molecule has 0 nitrogen and oxygen atoms in total. The van der Waals surface area contributed by atoms with Crippen LogP contribution in [0, 0.1) is 0 Å². The molecule has 0 spiro atoms. The summed E-state index contributed by atoms with van der Waals surface area (Å²) < 4.78 is 3.52. The van der Waals surface area contributed by atoms with Gasteiger partial charge in [-0.05, 0) is 29.3 Å². The molecule has 2 heterocycles. The van der Waals surface area contributed by atoms with Gasteiger partial charge >= 0.3 is 0 Å². The zero-order valence-electron chi connectivity index (χ0n) is 9.09. The minimum atomic E-state index is 0.655. The molecule has 2 rings (SSSR count). The molecule has 16 heavy (non-hydrogen) atoms. The summed E-state index contributed by atoms with van der Waals surface area (Å²) in [5.41, 5.74) is 0. The van der Waals surface area contributed by atoms with Crippen LogP contribution in [-0.4, -0.2) is 4.58 Å². The molecular formula is C12H14S4. The van der Waals surface area contributed by atoms with Gasteiger partial charge in [0.25, 0.3) is 0 Å². The molecule has 0 saturated heterocycles. The SMILES string of the molecule is CCCC(Sc1cccs1)Sc1cccs1. The predicted molar refractivity (Wildman–Crippen MR) is 79.0 cm³/mol. The van der Waals surface area contributed by atoms with Gasteiger partial charge in [-0.2, -0.15) is 0 Å². The third-order valence-electron chi connectivity index (χ3n) is 2.01. The van der Waals surface area contributed by atoms with Gasteiger partial charge in [-0.15, -0.1) is 46.2 Å². The maximum absolute atomic E-state index is 2.26. The van der Waals surface area contributed by atoms with Gasteiger partial charge in [0.05, 0.1) is 13.0 Å². The average molecular weight is 287 g/mol. The molecule has 0 radical (unpaired) electrons. The highest BCUT2D eigenvalue weighted by Gasteiger charge is 2.12. The largest absolute Gasteiger partial charge is 0.137 e. The Labute approximate surface area is 113 Å². The summed E-state index contributed by atoms with van der Waals surface area (Å²) >= 11 is 7.70. The monoisotopic (exact) mass is 286 g/mol. The van der Waals surface area contributed by atoms with Crippen LogP contribution in [0.3, 0.4) is 0 Å². The van der Waals surface area contributed by atoms with E-state index in [9.17, 15) is 0 Å². The summed E-state index contributed by atoms with van der Waals surface area (Å²) in [5.74, 6) is 0. The lowest BCUT2D eigenvalue weighted by Crippen LogP contribution is -1.94. The van der Waals surface area contributed by atoms with Crippen molar-refractivity contribution in [3.8, 4) is 0 Å². The molecule has 2 aromatic heterocycles. The fraction of sp³-hybridized carbons (Fsp3) is 0.333. The van der Waals surface area contributed by atoms with Gasteiger partial charge in [-0.3, -0.25) is 0 Å².